The second kappa shape index (κ2) is 10.4. The first-order valence-corrected chi connectivity index (χ1v) is 12.7. The van der Waals surface area contributed by atoms with Gasteiger partial charge in [-0.2, -0.15) is 0 Å². The summed E-state index contributed by atoms with van der Waals surface area (Å²) < 4.78 is 0. The average molecular weight is 495 g/mol. The first-order chi connectivity index (χ1) is 17.3. The van der Waals surface area contributed by atoms with Gasteiger partial charge in [-0.25, -0.2) is 0 Å². The number of fused-ring (bicyclic) bond motifs is 2. The lowest BCUT2D eigenvalue weighted by molar-refractivity contribution is -0.203. The SMILES string of the molecule is CCCCN1CC2(C(=O)O)C(=O)C(C(=O)O)(C1)C(c1ccccn1)N(CCCC)C2c1ccccn1. The van der Waals surface area contributed by atoms with Gasteiger partial charge in [-0.1, -0.05) is 38.8 Å². The van der Waals surface area contributed by atoms with Crippen molar-refractivity contribution in [2.45, 2.75) is 51.6 Å². The van der Waals surface area contributed by atoms with Crippen LogP contribution in [0.2, 0.25) is 0 Å². The van der Waals surface area contributed by atoms with Crippen LogP contribution in [0.4, 0.5) is 0 Å². The molecular weight excluding hydrogens is 460 g/mol. The monoisotopic (exact) mass is 494 g/mol. The van der Waals surface area contributed by atoms with Crippen LogP contribution in [0.1, 0.15) is 63.0 Å². The summed E-state index contributed by atoms with van der Waals surface area (Å²) >= 11 is 0. The fraction of sp³-hybridized carbons (Fsp3) is 0.519. The van der Waals surface area contributed by atoms with Crippen LogP contribution in [-0.4, -0.2) is 73.9 Å². The standard InChI is InChI=1S/C27H34N4O5/c1-3-5-15-30-17-26(24(33)34)21(19-11-7-9-13-28-19)31(16-6-4-2)22(20-12-8-10-14-29-20)27(18-30,23(26)32)25(35)36/h7-14,21-22H,3-6,15-18H2,1-2H3,(H,33,34)(H,35,36). The van der Waals surface area contributed by atoms with Crippen molar-refractivity contribution < 1.29 is 24.6 Å². The number of Topliss-reactive ketones (excluding diaryl/α,β-unsaturated/α-hetero) is 1. The molecule has 0 amide bonds. The van der Waals surface area contributed by atoms with Crippen LogP contribution >= 0.6 is 0 Å². The lowest BCUT2D eigenvalue weighted by Crippen LogP contribution is -2.75. The van der Waals surface area contributed by atoms with Crippen LogP contribution < -0.4 is 0 Å². The lowest BCUT2D eigenvalue weighted by atomic mass is 9.54. The zero-order chi connectivity index (χ0) is 25.9. The Morgan fingerprint density at radius 1 is 0.861 bits per heavy atom. The van der Waals surface area contributed by atoms with E-state index in [1.54, 1.807) is 48.8 Å². The van der Waals surface area contributed by atoms with E-state index in [9.17, 15) is 24.6 Å². The van der Waals surface area contributed by atoms with E-state index in [2.05, 4.69) is 9.97 Å². The Morgan fingerprint density at radius 3 is 1.72 bits per heavy atom. The zero-order valence-electron chi connectivity index (χ0n) is 20.8. The minimum absolute atomic E-state index is 0.0605. The predicted octanol–water partition coefficient (Wildman–Crippen LogP) is 3.20. The molecule has 0 aliphatic carbocycles. The van der Waals surface area contributed by atoms with Gasteiger partial charge in [0, 0.05) is 25.5 Å². The van der Waals surface area contributed by atoms with E-state index < -0.39 is 40.6 Å². The van der Waals surface area contributed by atoms with Crippen LogP contribution in [0.25, 0.3) is 0 Å². The van der Waals surface area contributed by atoms with Crippen molar-refractivity contribution >= 4 is 17.7 Å². The predicted molar refractivity (Wildman–Crippen MR) is 132 cm³/mol. The highest BCUT2D eigenvalue weighted by Gasteiger charge is 2.75. The average Bonchev–Trinajstić information content (AvgIpc) is 2.88. The molecule has 2 aromatic rings. The number of likely N-dealkylation sites (tertiary alicyclic amines) is 2. The molecule has 2 saturated heterocycles. The number of hydrogen-bond donors (Lipinski definition) is 2. The molecule has 0 radical (unpaired) electrons. The van der Waals surface area contributed by atoms with Crippen LogP contribution in [0.3, 0.4) is 0 Å². The summed E-state index contributed by atoms with van der Waals surface area (Å²) in [5.41, 5.74) is -3.08. The number of carboxylic acid groups (broad SMARTS) is 2. The molecule has 9 nitrogen and oxygen atoms in total. The molecule has 2 bridgehead atoms. The van der Waals surface area contributed by atoms with E-state index in [1.165, 1.54) is 0 Å². The number of aliphatic carboxylic acids is 2. The maximum atomic E-state index is 14.5. The number of carboxylic acids is 2. The molecule has 0 spiro atoms. The molecule has 4 rings (SSSR count). The third-order valence-corrected chi connectivity index (χ3v) is 7.65. The highest BCUT2D eigenvalue weighted by atomic mass is 16.4. The summed E-state index contributed by atoms with van der Waals surface area (Å²) in [7, 11) is 0. The van der Waals surface area contributed by atoms with Crippen LogP contribution in [-0.2, 0) is 14.4 Å². The third-order valence-electron chi connectivity index (χ3n) is 7.65. The van der Waals surface area contributed by atoms with Crippen molar-refractivity contribution in [2.75, 3.05) is 26.2 Å². The van der Waals surface area contributed by atoms with E-state index in [4.69, 9.17) is 0 Å². The first kappa shape index (κ1) is 25.9. The Labute approximate surface area is 211 Å². The summed E-state index contributed by atoms with van der Waals surface area (Å²) in [5.74, 6) is -3.38. The molecule has 2 N–H and O–H groups in total. The van der Waals surface area contributed by atoms with Gasteiger partial charge in [0.05, 0.1) is 23.5 Å². The molecule has 36 heavy (non-hydrogen) atoms. The molecule has 2 aliphatic heterocycles. The minimum Gasteiger partial charge on any atom is -0.480 e. The Balaban J connectivity index is 2.06. The fourth-order valence-corrected chi connectivity index (χ4v) is 6.06. The van der Waals surface area contributed by atoms with Gasteiger partial charge in [-0.05, 0) is 50.2 Å². The zero-order valence-corrected chi connectivity index (χ0v) is 20.8. The summed E-state index contributed by atoms with van der Waals surface area (Å²) in [4.78, 5) is 53.7. The molecule has 4 atom stereocenters. The quantitative estimate of drug-likeness (QED) is 0.479. The number of pyridine rings is 2. The molecular formula is C27H34N4O5. The Bertz CT molecular complexity index is 1020. The summed E-state index contributed by atoms with van der Waals surface area (Å²) in [6, 6.07) is 8.60. The number of ketones is 1. The molecule has 2 aliphatic rings. The van der Waals surface area contributed by atoms with E-state index in [0.717, 1.165) is 19.3 Å². The van der Waals surface area contributed by atoms with Crippen LogP contribution in [0.5, 0.6) is 0 Å². The van der Waals surface area contributed by atoms with Gasteiger partial charge in [0.2, 0.25) is 0 Å². The number of aromatic nitrogens is 2. The van der Waals surface area contributed by atoms with E-state index in [1.807, 2.05) is 23.6 Å². The molecule has 0 aromatic carbocycles. The van der Waals surface area contributed by atoms with Gasteiger partial charge >= 0.3 is 11.9 Å². The molecule has 2 fully saturated rings. The number of carbonyl (C=O) groups excluding carboxylic acids is 1. The molecule has 192 valence electrons. The maximum Gasteiger partial charge on any atom is 0.320 e. The second-order valence-electron chi connectivity index (χ2n) is 9.85. The number of rotatable bonds is 10. The van der Waals surface area contributed by atoms with E-state index in [-0.39, 0.29) is 13.1 Å². The largest absolute Gasteiger partial charge is 0.480 e. The Kier molecular flexibility index (Phi) is 7.51. The highest BCUT2D eigenvalue weighted by molar-refractivity contribution is 6.17. The number of unbranched alkanes of at least 4 members (excludes halogenated alkanes) is 2. The van der Waals surface area contributed by atoms with Gasteiger partial charge in [-0.3, -0.25) is 34.2 Å². The fourth-order valence-electron chi connectivity index (χ4n) is 6.06. The number of nitrogens with zero attached hydrogens (tertiary/aromatic N) is 4. The van der Waals surface area contributed by atoms with Crippen molar-refractivity contribution in [3.05, 3.63) is 60.2 Å². The van der Waals surface area contributed by atoms with Crippen molar-refractivity contribution in [3.63, 3.8) is 0 Å². The normalized spacial score (nSPS) is 28.7. The minimum atomic E-state index is -1.99. The Morgan fingerprint density at radius 2 is 1.33 bits per heavy atom. The topological polar surface area (TPSA) is 124 Å². The number of hydrogen-bond acceptors (Lipinski definition) is 7. The molecule has 0 saturated carbocycles. The van der Waals surface area contributed by atoms with E-state index >= 15 is 0 Å². The van der Waals surface area contributed by atoms with Crippen LogP contribution in [0, 0.1) is 10.8 Å². The number of carbonyl (C=O) groups is 3. The number of piperidine rings is 2. The third kappa shape index (κ3) is 4.00. The Hall–Kier alpha value is -3.17. The molecule has 9 heteroatoms. The molecule has 2 aromatic heterocycles. The van der Waals surface area contributed by atoms with Gasteiger partial charge < -0.3 is 10.2 Å². The summed E-state index contributed by atoms with van der Waals surface area (Å²) in [6.07, 6.45) is 6.31. The van der Waals surface area contributed by atoms with E-state index in [0.29, 0.717) is 30.9 Å². The van der Waals surface area contributed by atoms with Crippen molar-refractivity contribution in [3.8, 4) is 0 Å². The van der Waals surface area contributed by atoms with Crippen LogP contribution in [0.15, 0.2) is 48.8 Å². The molecule has 4 unspecified atom stereocenters. The molecule has 4 heterocycles. The van der Waals surface area contributed by atoms with Crippen molar-refractivity contribution in [1.29, 1.82) is 0 Å². The van der Waals surface area contributed by atoms with Gasteiger partial charge in [0.25, 0.3) is 0 Å². The lowest BCUT2D eigenvalue weighted by Gasteiger charge is -2.61. The van der Waals surface area contributed by atoms with Gasteiger partial charge in [0.1, 0.15) is 0 Å². The van der Waals surface area contributed by atoms with Crippen molar-refractivity contribution in [2.24, 2.45) is 10.8 Å². The highest BCUT2D eigenvalue weighted by Crippen LogP contribution is 2.60. The van der Waals surface area contributed by atoms with Gasteiger partial charge in [-0.15, -0.1) is 0 Å². The smallest absolute Gasteiger partial charge is 0.320 e. The van der Waals surface area contributed by atoms with Gasteiger partial charge in [0.15, 0.2) is 16.6 Å². The maximum absolute atomic E-state index is 14.5. The van der Waals surface area contributed by atoms with Crippen molar-refractivity contribution in [1.82, 2.24) is 19.8 Å². The second-order valence-corrected chi connectivity index (χ2v) is 9.85. The summed E-state index contributed by atoms with van der Waals surface area (Å²) in [5, 5.41) is 21.5. The summed E-state index contributed by atoms with van der Waals surface area (Å²) in [6.45, 7) is 4.84. The first-order valence-electron chi connectivity index (χ1n) is 12.7.